The van der Waals surface area contributed by atoms with Crippen LogP contribution in [-0.2, 0) is 14.8 Å². The molecule has 1 aliphatic heterocycles. The number of hydrogen-bond donors (Lipinski definition) is 0. The molecule has 0 N–H and O–H groups in total. The monoisotopic (exact) mass is 418 g/mol. The highest BCUT2D eigenvalue weighted by molar-refractivity contribution is 7.89. The molecule has 1 saturated heterocycles. The summed E-state index contributed by atoms with van der Waals surface area (Å²) in [6.07, 6.45) is 3.21. The molecule has 0 aromatic heterocycles. The number of benzene rings is 2. The molecule has 1 aliphatic rings. The van der Waals surface area contributed by atoms with Crippen LogP contribution in [0.15, 0.2) is 53.4 Å². The van der Waals surface area contributed by atoms with Gasteiger partial charge in [-0.3, -0.25) is 4.79 Å². The van der Waals surface area contributed by atoms with Gasteiger partial charge in [-0.2, -0.15) is 4.31 Å². The van der Waals surface area contributed by atoms with Crippen molar-refractivity contribution in [1.29, 1.82) is 0 Å². The van der Waals surface area contributed by atoms with Gasteiger partial charge in [0.15, 0.2) is 0 Å². The van der Waals surface area contributed by atoms with Crippen LogP contribution in [0.5, 0.6) is 0 Å². The summed E-state index contributed by atoms with van der Waals surface area (Å²) in [5.74, 6) is -0.136. The third kappa shape index (κ3) is 4.63. The maximum atomic E-state index is 12.9. The van der Waals surface area contributed by atoms with Crippen LogP contribution in [0.2, 0.25) is 5.02 Å². The lowest BCUT2D eigenvalue weighted by Gasteiger charge is -2.33. The molecule has 0 aliphatic carbocycles. The van der Waals surface area contributed by atoms with Crippen molar-refractivity contribution in [2.24, 2.45) is 0 Å². The van der Waals surface area contributed by atoms with Crippen LogP contribution in [0, 0.1) is 13.8 Å². The molecule has 1 heterocycles. The lowest BCUT2D eigenvalue weighted by atomic mass is 10.1. The number of amides is 1. The van der Waals surface area contributed by atoms with Gasteiger partial charge in [-0.1, -0.05) is 29.8 Å². The molecule has 2 aromatic rings. The summed E-state index contributed by atoms with van der Waals surface area (Å²) in [5, 5.41) is 0.611. The summed E-state index contributed by atoms with van der Waals surface area (Å²) in [7, 11) is -3.55. The second-order valence-corrected chi connectivity index (χ2v) is 9.24. The molecule has 28 heavy (non-hydrogen) atoms. The molecule has 7 heteroatoms. The molecule has 0 unspecified atom stereocenters. The second-order valence-electron chi connectivity index (χ2n) is 6.86. The van der Waals surface area contributed by atoms with Crippen LogP contribution in [0.1, 0.15) is 16.7 Å². The first-order valence-corrected chi connectivity index (χ1v) is 10.9. The zero-order valence-electron chi connectivity index (χ0n) is 15.9. The van der Waals surface area contributed by atoms with E-state index in [4.69, 9.17) is 11.6 Å². The fourth-order valence-corrected chi connectivity index (χ4v) is 4.76. The summed E-state index contributed by atoms with van der Waals surface area (Å²) in [6.45, 7) is 5.15. The maximum absolute atomic E-state index is 12.9. The van der Waals surface area contributed by atoms with Gasteiger partial charge in [0.1, 0.15) is 0 Å². The molecule has 148 valence electrons. The molecule has 0 radical (unpaired) electrons. The van der Waals surface area contributed by atoms with Crippen LogP contribution in [-0.4, -0.2) is 49.7 Å². The molecule has 2 aromatic carbocycles. The Labute approximate surface area is 171 Å². The number of rotatable bonds is 4. The Morgan fingerprint density at radius 2 is 1.71 bits per heavy atom. The van der Waals surface area contributed by atoms with Crippen molar-refractivity contribution in [3.05, 3.63) is 70.3 Å². The van der Waals surface area contributed by atoms with Gasteiger partial charge in [-0.05, 0) is 60.9 Å². The van der Waals surface area contributed by atoms with E-state index in [1.807, 2.05) is 32.0 Å². The smallest absolute Gasteiger partial charge is 0.246 e. The number of nitrogens with zero attached hydrogens (tertiary/aromatic N) is 2. The van der Waals surface area contributed by atoms with Gasteiger partial charge >= 0.3 is 0 Å². The van der Waals surface area contributed by atoms with Gasteiger partial charge in [-0.25, -0.2) is 8.42 Å². The van der Waals surface area contributed by atoms with Crippen molar-refractivity contribution in [1.82, 2.24) is 9.21 Å². The Kier molecular flexibility index (Phi) is 6.23. The van der Waals surface area contributed by atoms with Crippen molar-refractivity contribution in [3.8, 4) is 0 Å². The number of hydrogen-bond acceptors (Lipinski definition) is 3. The van der Waals surface area contributed by atoms with Gasteiger partial charge in [0.25, 0.3) is 0 Å². The van der Waals surface area contributed by atoms with Gasteiger partial charge in [-0.15, -0.1) is 0 Å². The van der Waals surface area contributed by atoms with Crippen LogP contribution < -0.4 is 0 Å². The molecule has 0 saturated carbocycles. The average Bonchev–Trinajstić information content (AvgIpc) is 2.68. The third-order valence-electron chi connectivity index (χ3n) is 4.93. The lowest BCUT2D eigenvalue weighted by molar-refractivity contribution is -0.127. The standard InChI is InChI=1S/C21H23ClN2O3S/c1-16-6-8-20(14-17(16)2)28(26,27)24-12-10-23(11-13-24)21(25)9-7-18-4-3-5-19(22)15-18/h3-9,14-15H,10-13H2,1-2H3/b9-7+. The van der Waals surface area contributed by atoms with E-state index in [-0.39, 0.29) is 19.0 Å². The molecule has 1 amide bonds. The predicted octanol–water partition coefficient (Wildman–Crippen LogP) is 3.50. The van der Waals surface area contributed by atoms with Crippen LogP contribution in [0.4, 0.5) is 0 Å². The first-order valence-electron chi connectivity index (χ1n) is 9.07. The first kappa shape index (κ1) is 20.6. The Hall–Kier alpha value is -2.15. The Morgan fingerprint density at radius 3 is 2.36 bits per heavy atom. The summed E-state index contributed by atoms with van der Waals surface area (Å²) in [5.41, 5.74) is 2.85. The number of carbonyl (C=O) groups is 1. The van der Waals surface area contributed by atoms with Crippen molar-refractivity contribution in [2.75, 3.05) is 26.2 Å². The average molecular weight is 419 g/mol. The fourth-order valence-electron chi connectivity index (χ4n) is 3.06. The summed E-state index contributed by atoms with van der Waals surface area (Å²) in [4.78, 5) is 14.4. The molecule has 3 rings (SSSR count). The highest BCUT2D eigenvalue weighted by Gasteiger charge is 2.29. The summed E-state index contributed by atoms with van der Waals surface area (Å²) < 4.78 is 27.2. The fraction of sp³-hybridized carbons (Fsp3) is 0.286. The molecule has 1 fully saturated rings. The van der Waals surface area contributed by atoms with Gasteiger partial charge in [0.2, 0.25) is 15.9 Å². The van der Waals surface area contributed by atoms with Gasteiger partial charge in [0, 0.05) is 37.3 Å². The molecular weight excluding hydrogens is 396 g/mol. The van der Waals surface area contributed by atoms with Gasteiger partial charge in [0.05, 0.1) is 4.90 Å². The van der Waals surface area contributed by atoms with E-state index in [0.29, 0.717) is 23.0 Å². The quantitative estimate of drug-likeness (QED) is 0.714. The van der Waals surface area contributed by atoms with E-state index < -0.39 is 10.0 Å². The van der Waals surface area contributed by atoms with Crippen molar-refractivity contribution < 1.29 is 13.2 Å². The third-order valence-corrected chi connectivity index (χ3v) is 7.06. The molecular formula is C21H23ClN2O3S. The van der Waals surface area contributed by atoms with Crippen molar-refractivity contribution >= 4 is 33.6 Å². The highest BCUT2D eigenvalue weighted by Crippen LogP contribution is 2.20. The minimum Gasteiger partial charge on any atom is -0.337 e. The maximum Gasteiger partial charge on any atom is 0.246 e. The van der Waals surface area contributed by atoms with E-state index >= 15 is 0 Å². The zero-order chi connectivity index (χ0) is 20.3. The number of sulfonamides is 1. The summed E-state index contributed by atoms with van der Waals surface area (Å²) >= 11 is 5.94. The predicted molar refractivity (Wildman–Crippen MR) is 112 cm³/mol. The van der Waals surface area contributed by atoms with E-state index in [1.54, 1.807) is 35.2 Å². The highest BCUT2D eigenvalue weighted by atomic mass is 35.5. The van der Waals surface area contributed by atoms with E-state index in [1.165, 1.54) is 10.4 Å². The molecule has 0 bridgehead atoms. The zero-order valence-corrected chi connectivity index (χ0v) is 17.5. The van der Waals surface area contributed by atoms with E-state index in [0.717, 1.165) is 16.7 Å². The SMILES string of the molecule is Cc1ccc(S(=O)(=O)N2CCN(C(=O)/C=C/c3cccc(Cl)c3)CC2)cc1C. The van der Waals surface area contributed by atoms with Crippen LogP contribution >= 0.6 is 11.6 Å². The minimum absolute atomic E-state index is 0.136. The van der Waals surface area contributed by atoms with Crippen molar-refractivity contribution in [3.63, 3.8) is 0 Å². The lowest BCUT2D eigenvalue weighted by Crippen LogP contribution is -2.50. The molecule has 5 nitrogen and oxygen atoms in total. The van der Waals surface area contributed by atoms with Crippen molar-refractivity contribution in [2.45, 2.75) is 18.7 Å². The van der Waals surface area contributed by atoms with E-state index in [2.05, 4.69) is 0 Å². The molecule has 0 spiro atoms. The van der Waals surface area contributed by atoms with Crippen LogP contribution in [0.25, 0.3) is 6.08 Å². The number of halogens is 1. The number of aryl methyl sites for hydroxylation is 2. The van der Waals surface area contributed by atoms with Crippen LogP contribution in [0.3, 0.4) is 0 Å². The topological polar surface area (TPSA) is 57.7 Å². The second kappa shape index (κ2) is 8.47. The largest absolute Gasteiger partial charge is 0.337 e. The van der Waals surface area contributed by atoms with Gasteiger partial charge < -0.3 is 4.90 Å². The van der Waals surface area contributed by atoms with E-state index in [9.17, 15) is 13.2 Å². The minimum atomic E-state index is -3.55. The Bertz CT molecular complexity index is 1010. The normalized spacial score (nSPS) is 15.9. The Morgan fingerprint density at radius 1 is 1.00 bits per heavy atom. The molecule has 0 atom stereocenters. The number of piperazine rings is 1. The number of carbonyl (C=O) groups excluding carboxylic acids is 1. The Balaban J connectivity index is 1.63. The summed E-state index contributed by atoms with van der Waals surface area (Å²) in [6, 6.07) is 12.4. The first-order chi connectivity index (χ1) is 13.3.